The number of hydrogen-bond donors (Lipinski definition) is 1. The number of anilines is 1. The fourth-order valence-electron chi connectivity index (χ4n) is 2.05. The molecule has 1 N–H and O–H groups in total. The molecule has 0 amide bonds. The standard InChI is InChI=1S/C15H11F5N6O/c16-13(17)11-6-10(12-2-1-5-27-12)22-14(23-11)24-21-7-9-3-4-26(25-9)8-15(18,19)20/h1-7,13H,8H2,(H,22,23,24). The van der Waals surface area contributed by atoms with E-state index in [9.17, 15) is 22.0 Å². The van der Waals surface area contributed by atoms with Gasteiger partial charge >= 0.3 is 6.18 Å². The van der Waals surface area contributed by atoms with Crippen molar-refractivity contribution in [3.8, 4) is 11.5 Å². The van der Waals surface area contributed by atoms with Crippen molar-refractivity contribution >= 4 is 12.2 Å². The van der Waals surface area contributed by atoms with Gasteiger partial charge in [-0.3, -0.25) is 4.68 Å². The van der Waals surface area contributed by atoms with Crippen LogP contribution >= 0.6 is 0 Å². The minimum Gasteiger partial charge on any atom is -0.463 e. The van der Waals surface area contributed by atoms with E-state index in [1.54, 1.807) is 6.07 Å². The van der Waals surface area contributed by atoms with Crippen LogP contribution in [0.2, 0.25) is 0 Å². The summed E-state index contributed by atoms with van der Waals surface area (Å²) in [5.41, 5.74) is 2.06. The van der Waals surface area contributed by atoms with E-state index >= 15 is 0 Å². The molecule has 0 spiro atoms. The number of furan rings is 1. The zero-order chi connectivity index (χ0) is 19.4. The third-order valence-electron chi connectivity index (χ3n) is 3.11. The number of halogens is 5. The number of alkyl halides is 5. The molecule has 142 valence electrons. The van der Waals surface area contributed by atoms with Crippen LogP contribution in [0.5, 0.6) is 0 Å². The van der Waals surface area contributed by atoms with Crippen LogP contribution in [0.1, 0.15) is 17.8 Å². The first-order valence-electron chi connectivity index (χ1n) is 7.40. The first kappa shape index (κ1) is 18.5. The maximum absolute atomic E-state index is 13.0. The second kappa shape index (κ2) is 7.51. The highest BCUT2D eigenvalue weighted by Crippen LogP contribution is 2.24. The zero-order valence-electron chi connectivity index (χ0n) is 13.4. The Morgan fingerprint density at radius 2 is 2.07 bits per heavy atom. The quantitative estimate of drug-likeness (QED) is 0.395. The van der Waals surface area contributed by atoms with Crippen molar-refractivity contribution in [1.82, 2.24) is 19.7 Å². The molecule has 0 unspecified atom stereocenters. The van der Waals surface area contributed by atoms with Gasteiger partial charge in [0.25, 0.3) is 6.43 Å². The van der Waals surface area contributed by atoms with E-state index in [0.29, 0.717) is 4.68 Å². The van der Waals surface area contributed by atoms with Crippen molar-refractivity contribution in [2.45, 2.75) is 19.1 Å². The highest BCUT2D eigenvalue weighted by Gasteiger charge is 2.28. The van der Waals surface area contributed by atoms with Crippen LogP contribution in [-0.2, 0) is 6.54 Å². The van der Waals surface area contributed by atoms with Crippen LogP contribution in [0.4, 0.5) is 27.9 Å². The van der Waals surface area contributed by atoms with Crippen molar-refractivity contribution < 1.29 is 26.4 Å². The average molecular weight is 386 g/mol. The Hall–Kier alpha value is -3.31. The Labute approximate surface area is 148 Å². The van der Waals surface area contributed by atoms with Gasteiger partial charge in [-0.15, -0.1) is 0 Å². The monoisotopic (exact) mass is 386 g/mol. The highest BCUT2D eigenvalue weighted by molar-refractivity contribution is 5.77. The lowest BCUT2D eigenvalue weighted by atomic mass is 10.2. The molecular formula is C15H11F5N6O. The fraction of sp³-hybridized carbons (Fsp3) is 0.200. The van der Waals surface area contributed by atoms with Crippen molar-refractivity contribution in [2.24, 2.45) is 5.10 Å². The lowest BCUT2D eigenvalue weighted by Crippen LogP contribution is -2.18. The van der Waals surface area contributed by atoms with E-state index in [4.69, 9.17) is 4.42 Å². The Morgan fingerprint density at radius 3 is 2.74 bits per heavy atom. The normalized spacial score (nSPS) is 12.2. The predicted molar refractivity (Wildman–Crippen MR) is 84.2 cm³/mol. The van der Waals surface area contributed by atoms with Gasteiger partial charge in [-0.25, -0.2) is 24.2 Å². The summed E-state index contributed by atoms with van der Waals surface area (Å²) in [6.45, 7) is -1.24. The van der Waals surface area contributed by atoms with Crippen LogP contribution in [0.3, 0.4) is 0 Å². The molecule has 0 aliphatic rings. The van der Waals surface area contributed by atoms with Crippen LogP contribution < -0.4 is 5.43 Å². The predicted octanol–water partition coefficient (Wildman–Crippen LogP) is 3.88. The number of nitrogens with one attached hydrogen (secondary N) is 1. The third-order valence-corrected chi connectivity index (χ3v) is 3.11. The Balaban J connectivity index is 1.74. The van der Waals surface area contributed by atoms with Gasteiger partial charge in [0.05, 0.1) is 12.5 Å². The molecule has 3 rings (SSSR count). The second-order valence-corrected chi connectivity index (χ2v) is 5.20. The molecule has 0 saturated heterocycles. The van der Waals surface area contributed by atoms with Crippen molar-refractivity contribution in [1.29, 1.82) is 0 Å². The van der Waals surface area contributed by atoms with Gasteiger partial charge < -0.3 is 4.42 Å². The molecule has 27 heavy (non-hydrogen) atoms. The van der Waals surface area contributed by atoms with E-state index in [2.05, 4.69) is 25.6 Å². The van der Waals surface area contributed by atoms with E-state index in [1.165, 1.54) is 18.4 Å². The van der Waals surface area contributed by atoms with Gasteiger partial charge in [0.15, 0.2) is 5.76 Å². The SMILES string of the molecule is FC(F)c1cc(-c2ccco2)nc(NN=Cc2ccn(CC(F)(F)F)n2)n1. The van der Waals surface area contributed by atoms with Gasteiger partial charge in [0.1, 0.15) is 23.6 Å². The van der Waals surface area contributed by atoms with Gasteiger partial charge in [-0.2, -0.15) is 23.4 Å². The van der Waals surface area contributed by atoms with Gasteiger partial charge in [-0.1, -0.05) is 0 Å². The molecule has 0 radical (unpaired) electrons. The summed E-state index contributed by atoms with van der Waals surface area (Å²) in [4.78, 5) is 7.63. The molecule has 12 heteroatoms. The zero-order valence-corrected chi connectivity index (χ0v) is 13.4. The Kier molecular flexibility index (Phi) is 5.14. The summed E-state index contributed by atoms with van der Waals surface area (Å²) in [7, 11) is 0. The van der Waals surface area contributed by atoms with Gasteiger partial charge in [-0.05, 0) is 24.3 Å². The summed E-state index contributed by atoms with van der Waals surface area (Å²) in [6.07, 6.45) is -3.63. The average Bonchev–Trinajstić information content (AvgIpc) is 3.25. The van der Waals surface area contributed by atoms with E-state index in [0.717, 1.165) is 18.5 Å². The van der Waals surface area contributed by atoms with Gasteiger partial charge in [0, 0.05) is 6.20 Å². The molecule has 3 aromatic heterocycles. The Bertz CT molecular complexity index is 919. The lowest BCUT2D eigenvalue weighted by molar-refractivity contribution is -0.142. The number of nitrogens with zero attached hydrogens (tertiary/aromatic N) is 5. The summed E-state index contributed by atoms with van der Waals surface area (Å²) < 4.78 is 68.7. The van der Waals surface area contributed by atoms with Crippen LogP contribution in [0.15, 0.2) is 46.2 Å². The van der Waals surface area contributed by atoms with Crippen LogP contribution in [-0.4, -0.2) is 32.1 Å². The maximum Gasteiger partial charge on any atom is 0.408 e. The molecule has 3 aromatic rings. The van der Waals surface area contributed by atoms with E-state index < -0.39 is 24.8 Å². The first-order chi connectivity index (χ1) is 12.8. The molecule has 0 fully saturated rings. The molecule has 0 aromatic carbocycles. The maximum atomic E-state index is 13.0. The smallest absolute Gasteiger partial charge is 0.408 e. The number of hydrazone groups is 1. The molecular weight excluding hydrogens is 375 g/mol. The number of rotatable bonds is 6. The highest BCUT2D eigenvalue weighted by atomic mass is 19.4. The molecule has 0 bridgehead atoms. The minimum atomic E-state index is -4.40. The number of aromatic nitrogens is 4. The van der Waals surface area contributed by atoms with Crippen LogP contribution in [0, 0.1) is 0 Å². The van der Waals surface area contributed by atoms with Crippen molar-refractivity contribution in [3.63, 3.8) is 0 Å². The van der Waals surface area contributed by atoms with Crippen molar-refractivity contribution in [3.05, 3.63) is 48.1 Å². The molecule has 0 aliphatic carbocycles. The summed E-state index contributed by atoms with van der Waals surface area (Å²) in [5, 5.41) is 7.37. The van der Waals surface area contributed by atoms with E-state index in [1.807, 2.05) is 0 Å². The molecule has 0 aliphatic heterocycles. The summed E-state index contributed by atoms with van der Waals surface area (Å²) >= 11 is 0. The summed E-state index contributed by atoms with van der Waals surface area (Å²) in [5.74, 6) is 0.0300. The lowest BCUT2D eigenvalue weighted by Gasteiger charge is -2.05. The topological polar surface area (TPSA) is 81.1 Å². The number of hydrogen-bond acceptors (Lipinski definition) is 6. The third kappa shape index (κ3) is 5.09. The largest absolute Gasteiger partial charge is 0.463 e. The molecule has 0 saturated carbocycles. The minimum absolute atomic E-state index is 0.123. The first-order valence-corrected chi connectivity index (χ1v) is 7.40. The van der Waals surface area contributed by atoms with E-state index in [-0.39, 0.29) is 23.1 Å². The fourth-order valence-corrected chi connectivity index (χ4v) is 2.05. The second-order valence-electron chi connectivity index (χ2n) is 5.20. The molecule has 0 atom stereocenters. The van der Waals surface area contributed by atoms with Gasteiger partial charge in [0.2, 0.25) is 5.95 Å². The molecule has 3 heterocycles. The Morgan fingerprint density at radius 1 is 1.26 bits per heavy atom. The summed E-state index contributed by atoms with van der Waals surface area (Å²) in [6, 6.07) is 5.50. The molecule has 7 nitrogen and oxygen atoms in total. The van der Waals surface area contributed by atoms with Crippen LogP contribution in [0.25, 0.3) is 11.5 Å². The van der Waals surface area contributed by atoms with Crippen molar-refractivity contribution in [2.75, 3.05) is 5.43 Å².